The Hall–Kier alpha value is -2.96. The molecule has 24 heavy (non-hydrogen) atoms. The number of fused-ring (bicyclic) bond motifs is 1. The van der Waals surface area contributed by atoms with E-state index >= 15 is 0 Å². The van der Waals surface area contributed by atoms with E-state index in [4.69, 9.17) is 4.74 Å². The van der Waals surface area contributed by atoms with Crippen molar-refractivity contribution < 1.29 is 23.0 Å². The van der Waals surface area contributed by atoms with E-state index in [-0.39, 0.29) is 12.4 Å². The number of imidazole rings is 1. The Morgan fingerprint density at radius 1 is 1.17 bits per heavy atom. The van der Waals surface area contributed by atoms with Gasteiger partial charge < -0.3 is 9.47 Å². The lowest BCUT2D eigenvalue weighted by Gasteiger charge is -2.09. The highest BCUT2D eigenvalue weighted by atomic mass is 19.3. The second-order valence-corrected chi connectivity index (χ2v) is 4.97. The Morgan fingerprint density at radius 2 is 1.88 bits per heavy atom. The molecule has 0 aliphatic rings. The summed E-state index contributed by atoms with van der Waals surface area (Å²) in [5.41, 5.74) is 1.22. The molecule has 0 amide bonds. The lowest BCUT2D eigenvalue weighted by atomic mass is 10.2. The van der Waals surface area contributed by atoms with Crippen molar-refractivity contribution in [3.05, 3.63) is 59.9 Å². The van der Waals surface area contributed by atoms with Gasteiger partial charge in [-0.05, 0) is 36.4 Å². The summed E-state index contributed by atoms with van der Waals surface area (Å²) in [5, 5.41) is 0. The molecular formula is C17H14F2N2O3. The summed E-state index contributed by atoms with van der Waals surface area (Å²) in [6.07, 6.45) is 0. The SMILES string of the molecule is COC(=O)c1ccc(OCc2nc3ccccc3n2C(F)F)cc1. The molecule has 0 unspecified atom stereocenters. The molecular weight excluding hydrogens is 318 g/mol. The Balaban J connectivity index is 1.80. The number of methoxy groups -OCH3 is 1. The summed E-state index contributed by atoms with van der Waals surface area (Å²) >= 11 is 0. The Bertz CT molecular complexity index is 860. The van der Waals surface area contributed by atoms with Gasteiger partial charge in [0.2, 0.25) is 0 Å². The third-order valence-electron chi connectivity index (χ3n) is 3.51. The van der Waals surface area contributed by atoms with Crippen LogP contribution in [0.25, 0.3) is 11.0 Å². The average Bonchev–Trinajstić information content (AvgIpc) is 2.98. The van der Waals surface area contributed by atoms with Crippen LogP contribution in [-0.2, 0) is 11.3 Å². The van der Waals surface area contributed by atoms with Gasteiger partial charge in [-0.1, -0.05) is 12.1 Å². The van der Waals surface area contributed by atoms with Crippen LogP contribution in [0.3, 0.4) is 0 Å². The first-order chi connectivity index (χ1) is 11.6. The number of benzene rings is 2. The molecule has 2 aromatic carbocycles. The zero-order valence-corrected chi connectivity index (χ0v) is 12.8. The van der Waals surface area contributed by atoms with Crippen LogP contribution in [0.15, 0.2) is 48.5 Å². The smallest absolute Gasteiger partial charge is 0.337 e. The number of halogens is 2. The first kappa shape index (κ1) is 15.9. The predicted octanol–water partition coefficient (Wildman–Crippen LogP) is 3.80. The molecule has 124 valence electrons. The van der Waals surface area contributed by atoms with Crippen molar-refractivity contribution in [3.8, 4) is 5.75 Å². The van der Waals surface area contributed by atoms with Gasteiger partial charge in [-0.3, -0.25) is 4.57 Å². The molecule has 7 heteroatoms. The molecule has 0 saturated carbocycles. The molecule has 0 N–H and O–H groups in total. The molecule has 1 heterocycles. The maximum absolute atomic E-state index is 13.3. The average molecular weight is 332 g/mol. The highest BCUT2D eigenvalue weighted by Gasteiger charge is 2.17. The topological polar surface area (TPSA) is 53.4 Å². The molecule has 3 aromatic rings. The second kappa shape index (κ2) is 6.66. The molecule has 1 aromatic heterocycles. The van der Waals surface area contributed by atoms with Crippen LogP contribution >= 0.6 is 0 Å². The number of ether oxygens (including phenoxy) is 2. The van der Waals surface area contributed by atoms with Crippen molar-refractivity contribution in [3.63, 3.8) is 0 Å². The van der Waals surface area contributed by atoms with Crippen LogP contribution in [-0.4, -0.2) is 22.6 Å². The summed E-state index contributed by atoms with van der Waals surface area (Å²) in [6, 6.07) is 12.9. The van der Waals surface area contributed by atoms with E-state index in [9.17, 15) is 13.6 Å². The molecule has 3 rings (SSSR count). The van der Waals surface area contributed by atoms with Gasteiger partial charge in [-0.15, -0.1) is 0 Å². The van der Waals surface area contributed by atoms with Gasteiger partial charge in [0, 0.05) is 0 Å². The molecule has 0 saturated heterocycles. The standard InChI is InChI=1S/C17H14F2N2O3/c1-23-16(22)11-6-8-12(9-7-11)24-10-15-20-13-4-2-3-5-14(13)21(15)17(18)19/h2-9,17H,10H2,1H3. The van der Waals surface area contributed by atoms with Crippen molar-refractivity contribution in [2.24, 2.45) is 0 Å². The van der Waals surface area contributed by atoms with Crippen LogP contribution in [0.1, 0.15) is 22.7 Å². The Kier molecular flexibility index (Phi) is 4.41. The largest absolute Gasteiger partial charge is 0.486 e. The minimum Gasteiger partial charge on any atom is -0.486 e. The van der Waals surface area contributed by atoms with Crippen LogP contribution in [0, 0.1) is 0 Å². The van der Waals surface area contributed by atoms with Crippen LogP contribution < -0.4 is 4.74 Å². The molecule has 0 aliphatic carbocycles. The van der Waals surface area contributed by atoms with Crippen molar-refractivity contribution >= 4 is 17.0 Å². The van der Waals surface area contributed by atoms with Crippen molar-refractivity contribution in [1.29, 1.82) is 0 Å². The number of carbonyl (C=O) groups excluding carboxylic acids is 1. The molecule has 0 atom stereocenters. The third kappa shape index (κ3) is 3.05. The van der Waals surface area contributed by atoms with E-state index in [2.05, 4.69) is 9.72 Å². The van der Waals surface area contributed by atoms with Gasteiger partial charge in [-0.2, -0.15) is 8.78 Å². The number of hydrogen-bond donors (Lipinski definition) is 0. The summed E-state index contributed by atoms with van der Waals surface area (Å²) in [7, 11) is 1.29. The van der Waals surface area contributed by atoms with Gasteiger partial charge in [0.05, 0.1) is 23.7 Å². The van der Waals surface area contributed by atoms with E-state index in [1.54, 1.807) is 36.4 Å². The molecule has 0 bridgehead atoms. The third-order valence-corrected chi connectivity index (χ3v) is 3.51. The number of hydrogen-bond acceptors (Lipinski definition) is 4. The van der Waals surface area contributed by atoms with E-state index in [0.717, 1.165) is 4.57 Å². The zero-order valence-electron chi connectivity index (χ0n) is 12.8. The molecule has 0 fully saturated rings. The van der Waals surface area contributed by atoms with Crippen LogP contribution in [0.2, 0.25) is 0 Å². The second-order valence-electron chi connectivity index (χ2n) is 4.97. The fourth-order valence-corrected chi connectivity index (χ4v) is 2.37. The number of para-hydroxylation sites is 2. The maximum atomic E-state index is 13.3. The maximum Gasteiger partial charge on any atom is 0.337 e. The van der Waals surface area contributed by atoms with Gasteiger partial charge in [0.1, 0.15) is 12.4 Å². The lowest BCUT2D eigenvalue weighted by Crippen LogP contribution is -2.08. The summed E-state index contributed by atoms with van der Waals surface area (Å²) in [5.74, 6) is 0.111. The molecule has 5 nitrogen and oxygen atoms in total. The van der Waals surface area contributed by atoms with E-state index in [1.165, 1.54) is 19.2 Å². The van der Waals surface area contributed by atoms with Crippen molar-refractivity contribution in [2.45, 2.75) is 13.2 Å². The molecule has 0 radical (unpaired) electrons. The first-order valence-corrected chi connectivity index (χ1v) is 7.15. The number of nitrogens with zero attached hydrogens (tertiary/aromatic N) is 2. The Labute approximate surface area is 136 Å². The summed E-state index contributed by atoms with van der Waals surface area (Å²) < 4.78 is 37.6. The zero-order chi connectivity index (χ0) is 17.1. The Morgan fingerprint density at radius 3 is 2.54 bits per heavy atom. The number of aromatic nitrogens is 2. The molecule has 0 aliphatic heterocycles. The number of rotatable bonds is 5. The summed E-state index contributed by atoms with van der Waals surface area (Å²) in [4.78, 5) is 15.6. The minimum absolute atomic E-state index is 0.114. The fraction of sp³-hybridized carbons (Fsp3) is 0.176. The van der Waals surface area contributed by atoms with Crippen LogP contribution in [0.4, 0.5) is 8.78 Å². The first-order valence-electron chi connectivity index (χ1n) is 7.15. The van der Waals surface area contributed by atoms with Gasteiger partial charge >= 0.3 is 12.5 Å². The predicted molar refractivity (Wildman–Crippen MR) is 83.1 cm³/mol. The van der Waals surface area contributed by atoms with E-state index in [0.29, 0.717) is 22.3 Å². The molecule has 0 spiro atoms. The van der Waals surface area contributed by atoms with Crippen molar-refractivity contribution in [1.82, 2.24) is 9.55 Å². The van der Waals surface area contributed by atoms with Gasteiger partial charge in [0.15, 0.2) is 5.82 Å². The van der Waals surface area contributed by atoms with Gasteiger partial charge in [-0.25, -0.2) is 9.78 Å². The highest BCUT2D eigenvalue weighted by molar-refractivity contribution is 5.89. The van der Waals surface area contributed by atoms with Gasteiger partial charge in [0.25, 0.3) is 0 Å². The highest BCUT2D eigenvalue weighted by Crippen LogP contribution is 2.24. The number of alkyl halides is 2. The van der Waals surface area contributed by atoms with E-state index < -0.39 is 12.5 Å². The van der Waals surface area contributed by atoms with E-state index in [1.807, 2.05) is 0 Å². The number of esters is 1. The fourth-order valence-electron chi connectivity index (χ4n) is 2.37. The van der Waals surface area contributed by atoms with Crippen LogP contribution in [0.5, 0.6) is 5.75 Å². The normalized spacial score (nSPS) is 11.0. The quantitative estimate of drug-likeness (QED) is 0.667. The minimum atomic E-state index is -2.71. The van der Waals surface area contributed by atoms with Crippen molar-refractivity contribution in [2.75, 3.05) is 7.11 Å². The summed E-state index contributed by atoms with van der Waals surface area (Å²) in [6.45, 7) is -2.82. The number of carbonyl (C=O) groups is 1. The monoisotopic (exact) mass is 332 g/mol. The lowest BCUT2D eigenvalue weighted by molar-refractivity contribution is 0.0599.